The zero-order valence-corrected chi connectivity index (χ0v) is 11.8. The summed E-state index contributed by atoms with van der Waals surface area (Å²) in [5.74, 6) is -0.245. The highest BCUT2D eigenvalue weighted by atomic mass is 79.9. The highest BCUT2D eigenvalue weighted by Gasteiger charge is 2.20. The van der Waals surface area contributed by atoms with Gasteiger partial charge in [-0.25, -0.2) is 0 Å². The van der Waals surface area contributed by atoms with Gasteiger partial charge in [-0.1, -0.05) is 13.8 Å². The second kappa shape index (κ2) is 6.37. The molecule has 90 valence electrons. The van der Waals surface area contributed by atoms with E-state index in [4.69, 9.17) is 5.11 Å². The first-order valence-corrected chi connectivity index (χ1v) is 6.78. The second-order valence-electron chi connectivity index (χ2n) is 3.96. The van der Waals surface area contributed by atoms with E-state index in [2.05, 4.69) is 21.2 Å². The molecule has 0 aliphatic carbocycles. The molecule has 1 amide bonds. The molecule has 0 aromatic carbocycles. The van der Waals surface area contributed by atoms with Crippen LogP contribution in [0.5, 0.6) is 0 Å². The van der Waals surface area contributed by atoms with Gasteiger partial charge in [0.05, 0.1) is 22.9 Å². The molecule has 1 unspecified atom stereocenters. The summed E-state index contributed by atoms with van der Waals surface area (Å²) in [4.78, 5) is 12.8. The zero-order chi connectivity index (χ0) is 12.1. The van der Waals surface area contributed by atoms with Crippen LogP contribution in [0.25, 0.3) is 0 Å². The van der Waals surface area contributed by atoms with Crippen molar-refractivity contribution in [3.05, 3.63) is 20.8 Å². The van der Waals surface area contributed by atoms with Crippen LogP contribution < -0.4 is 5.32 Å². The van der Waals surface area contributed by atoms with Crippen molar-refractivity contribution in [2.75, 3.05) is 6.61 Å². The molecule has 2 N–H and O–H groups in total. The summed E-state index contributed by atoms with van der Waals surface area (Å²) in [5, 5.41) is 11.9. The van der Waals surface area contributed by atoms with Crippen LogP contribution in [0, 0.1) is 11.8 Å². The van der Waals surface area contributed by atoms with Gasteiger partial charge >= 0.3 is 0 Å². The molecule has 0 aliphatic heterocycles. The molecule has 3 nitrogen and oxygen atoms in total. The van der Waals surface area contributed by atoms with Crippen LogP contribution in [-0.4, -0.2) is 17.6 Å². The van der Waals surface area contributed by atoms with Gasteiger partial charge in [0.15, 0.2) is 0 Å². The van der Waals surface area contributed by atoms with Gasteiger partial charge in [0.2, 0.25) is 5.91 Å². The number of hydrogen-bond donors (Lipinski definition) is 2. The number of thiophene rings is 1. The lowest BCUT2D eigenvalue weighted by Gasteiger charge is -2.17. The average molecular weight is 306 g/mol. The number of aliphatic hydroxyl groups excluding tert-OH is 1. The predicted molar refractivity (Wildman–Crippen MR) is 69.3 cm³/mol. The first-order valence-electron chi connectivity index (χ1n) is 5.17. The van der Waals surface area contributed by atoms with Gasteiger partial charge in [0, 0.05) is 4.88 Å². The van der Waals surface area contributed by atoms with E-state index in [0.29, 0.717) is 6.54 Å². The van der Waals surface area contributed by atoms with Crippen LogP contribution in [0.15, 0.2) is 15.9 Å². The molecule has 0 fully saturated rings. The Balaban J connectivity index is 2.45. The number of amides is 1. The van der Waals surface area contributed by atoms with Gasteiger partial charge in [-0.2, -0.15) is 0 Å². The highest BCUT2D eigenvalue weighted by molar-refractivity contribution is 9.11. The van der Waals surface area contributed by atoms with E-state index in [1.165, 1.54) is 0 Å². The summed E-state index contributed by atoms with van der Waals surface area (Å²) in [6.45, 7) is 4.29. The van der Waals surface area contributed by atoms with Crippen LogP contribution in [0.1, 0.15) is 18.7 Å². The first kappa shape index (κ1) is 13.7. The van der Waals surface area contributed by atoms with Crippen LogP contribution in [-0.2, 0) is 11.3 Å². The molecule has 1 heterocycles. The summed E-state index contributed by atoms with van der Waals surface area (Å²) < 4.78 is 1.05. The van der Waals surface area contributed by atoms with Gasteiger partial charge < -0.3 is 10.4 Å². The van der Waals surface area contributed by atoms with E-state index < -0.39 is 0 Å². The summed E-state index contributed by atoms with van der Waals surface area (Å²) in [5.41, 5.74) is 0. The molecule has 0 spiro atoms. The molecule has 0 saturated heterocycles. The minimum atomic E-state index is -0.316. The Kier molecular flexibility index (Phi) is 5.44. The molecular weight excluding hydrogens is 290 g/mol. The van der Waals surface area contributed by atoms with E-state index >= 15 is 0 Å². The number of halogens is 1. The van der Waals surface area contributed by atoms with Gasteiger partial charge in [-0.15, -0.1) is 11.3 Å². The molecular formula is C11H16BrNO2S. The van der Waals surface area contributed by atoms with Crippen molar-refractivity contribution in [1.82, 2.24) is 5.32 Å². The monoisotopic (exact) mass is 305 g/mol. The topological polar surface area (TPSA) is 49.3 Å². The van der Waals surface area contributed by atoms with Crippen molar-refractivity contribution < 1.29 is 9.90 Å². The molecule has 0 bridgehead atoms. The minimum absolute atomic E-state index is 0.0815. The Bertz CT molecular complexity index is 352. The molecule has 0 radical (unpaired) electrons. The summed E-state index contributed by atoms with van der Waals surface area (Å²) >= 11 is 4.97. The van der Waals surface area contributed by atoms with Gasteiger partial charge in [0.25, 0.3) is 0 Å². The van der Waals surface area contributed by atoms with Crippen LogP contribution in [0.3, 0.4) is 0 Å². The van der Waals surface area contributed by atoms with E-state index in [9.17, 15) is 4.79 Å². The molecule has 1 aromatic rings. The highest BCUT2D eigenvalue weighted by Crippen LogP contribution is 2.22. The van der Waals surface area contributed by atoms with E-state index in [-0.39, 0.29) is 24.3 Å². The van der Waals surface area contributed by atoms with Crippen LogP contribution in [0.2, 0.25) is 0 Å². The molecule has 1 aromatic heterocycles. The summed E-state index contributed by atoms with van der Waals surface area (Å²) in [7, 11) is 0. The quantitative estimate of drug-likeness (QED) is 0.877. The SMILES string of the molecule is CC(C)C(CO)C(=O)NCc1ccc(Br)s1. The Hall–Kier alpha value is -0.390. The fourth-order valence-electron chi connectivity index (χ4n) is 1.35. The number of rotatable bonds is 5. The van der Waals surface area contributed by atoms with Gasteiger partial charge in [0.1, 0.15) is 0 Å². The molecule has 1 atom stereocenters. The van der Waals surface area contributed by atoms with Crippen molar-refractivity contribution >= 4 is 33.2 Å². The number of nitrogens with one attached hydrogen (secondary N) is 1. The maximum absolute atomic E-state index is 11.7. The fraction of sp³-hybridized carbons (Fsp3) is 0.545. The van der Waals surface area contributed by atoms with Crippen molar-refractivity contribution in [3.8, 4) is 0 Å². The standard InChI is InChI=1S/C11H16BrNO2S/c1-7(2)9(6-14)11(15)13-5-8-3-4-10(12)16-8/h3-4,7,9,14H,5-6H2,1-2H3,(H,13,15). The Morgan fingerprint density at radius 2 is 2.25 bits per heavy atom. The number of aliphatic hydroxyl groups is 1. The predicted octanol–water partition coefficient (Wildman–Crippen LogP) is 2.39. The number of carbonyl (C=O) groups excluding carboxylic acids is 1. The second-order valence-corrected chi connectivity index (χ2v) is 6.50. The van der Waals surface area contributed by atoms with E-state index in [1.54, 1.807) is 11.3 Å². The normalized spacial score (nSPS) is 12.8. The average Bonchev–Trinajstić information content (AvgIpc) is 2.62. The zero-order valence-electron chi connectivity index (χ0n) is 9.37. The minimum Gasteiger partial charge on any atom is -0.396 e. The fourth-order valence-corrected chi connectivity index (χ4v) is 2.77. The maximum atomic E-state index is 11.7. The summed E-state index contributed by atoms with van der Waals surface area (Å²) in [6.07, 6.45) is 0. The molecule has 5 heteroatoms. The molecule has 0 aliphatic rings. The van der Waals surface area contributed by atoms with Crippen molar-refractivity contribution in [3.63, 3.8) is 0 Å². The Labute approximate surface area is 108 Å². The van der Waals surface area contributed by atoms with Crippen LogP contribution >= 0.6 is 27.3 Å². The van der Waals surface area contributed by atoms with Crippen molar-refractivity contribution in [2.24, 2.45) is 11.8 Å². The Morgan fingerprint density at radius 1 is 1.56 bits per heavy atom. The van der Waals surface area contributed by atoms with Gasteiger partial charge in [-0.3, -0.25) is 4.79 Å². The van der Waals surface area contributed by atoms with E-state index in [0.717, 1.165) is 8.66 Å². The Morgan fingerprint density at radius 3 is 2.69 bits per heavy atom. The summed E-state index contributed by atoms with van der Waals surface area (Å²) in [6, 6.07) is 3.93. The van der Waals surface area contributed by atoms with Crippen molar-refractivity contribution in [2.45, 2.75) is 20.4 Å². The van der Waals surface area contributed by atoms with Gasteiger partial charge in [-0.05, 0) is 34.0 Å². The lowest BCUT2D eigenvalue weighted by Crippen LogP contribution is -2.35. The molecule has 16 heavy (non-hydrogen) atoms. The molecule has 1 rings (SSSR count). The smallest absolute Gasteiger partial charge is 0.225 e. The number of carbonyl (C=O) groups is 1. The lowest BCUT2D eigenvalue weighted by molar-refractivity contribution is -0.127. The lowest BCUT2D eigenvalue weighted by atomic mass is 9.96. The largest absolute Gasteiger partial charge is 0.396 e. The maximum Gasteiger partial charge on any atom is 0.225 e. The van der Waals surface area contributed by atoms with Crippen LogP contribution in [0.4, 0.5) is 0 Å². The third kappa shape index (κ3) is 3.88. The van der Waals surface area contributed by atoms with Crippen molar-refractivity contribution in [1.29, 1.82) is 0 Å². The number of hydrogen-bond acceptors (Lipinski definition) is 3. The third-order valence-corrected chi connectivity index (χ3v) is 4.03. The first-order chi connectivity index (χ1) is 7.54. The third-order valence-electron chi connectivity index (χ3n) is 2.40. The molecule has 0 saturated carbocycles. The van der Waals surface area contributed by atoms with E-state index in [1.807, 2.05) is 26.0 Å².